The molecule has 2 atom stereocenters. The quantitative estimate of drug-likeness (QED) is 0.397. The van der Waals surface area contributed by atoms with E-state index in [0.717, 1.165) is 5.56 Å². The predicted molar refractivity (Wildman–Crippen MR) is 112 cm³/mol. The van der Waals surface area contributed by atoms with Crippen LogP contribution in [0.4, 0.5) is 9.18 Å². The van der Waals surface area contributed by atoms with Gasteiger partial charge in [-0.2, -0.15) is 0 Å². The van der Waals surface area contributed by atoms with Gasteiger partial charge in [-0.3, -0.25) is 0 Å². The summed E-state index contributed by atoms with van der Waals surface area (Å²) in [7, 11) is 0. The van der Waals surface area contributed by atoms with Crippen molar-refractivity contribution in [2.45, 2.75) is 38.3 Å². The number of likely N-dealkylation sites (tertiary alicyclic amines) is 1. The van der Waals surface area contributed by atoms with Crippen LogP contribution in [-0.4, -0.2) is 38.5 Å². The summed E-state index contributed by atoms with van der Waals surface area (Å²) >= 11 is 11.8. The Morgan fingerprint density at radius 2 is 2.03 bits per heavy atom. The molecule has 4 rings (SSSR count). The van der Waals surface area contributed by atoms with Gasteiger partial charge < -0.3 is 9.64 Å². The highest BCUT2D eigenvalue weighted by Crippen LogP contribution is 2.36. The number of hydrogen-bond acceptors (Lipinski definition) is 5. The molecule has 6 nitrogen and oxygen atoms in total. The average Bonchev–Trinajstić information content (AvgIpc) is 2.75. The number of rotatable bonds is 3. The minimum absolute atomic E-state index is 0.0245. The van der Waals surface area contributed by atoms with Crippen LogP contribution in [0.2, 0.25) is 10.4 Å². The van der Waals surface area contributed by atoms with Crippen LogP contribution in [0.15, 0.2) is 36.5 Å². The van der Waals surface area contributed by atoms with Crippen LogP contribution in [0.25, 0.3) is 10.9 Å². The molecule has 1 unspecified atom stereocenters. The highest BCUT2D eigenvalue weighted by atomic mass is 35.5. The molecular formula is C21H19Cl2FN4O2. The molecule has 3 heterocycles. The molecule has 1 amide bonds. The van der Waals surface area contributed by atoms with E-state index in [-0.39, 0.29) is 40.6 Å². The summed E-state index contributed by atoms with van der Waals surface area (Å²) in [6, 6.07) is 9.45. The van der Waals surface area contributed by atoms with E-state index >= 15 is 0 Å². The molecule has 0 aliphatic carbocycles. The third-order valence-electron chi connectivity index (χ3n) is 5.35. The Bertz CT molecular complexity index is 1080. The van der Waals surface area contributed by atoms with Crippen LogP contribution in [0, 0.1) is 5.82 Å². The number of ether oxygens (including phenoxy) is 1. The molecule has 1 aliphatic rings. The van der Waals surface area contributed by atoms with E-state index < -0.39 is 5.82 Å². The monoisotopic (exact) mass is 448 g/mol. The van der Waals surface area contributed by atoms with Gasteiger partial charge in [0.25, 0.3) is 0 Å². The molecule has 0 spiro atoms. The first-order valence-corrected chi connectivity index (χ1v) is 10.3. The first-order chi connectivity index (χ1) is 14.4. The Kier molecular flexibility index (Phi) is 6.01. The van der Waals surface area contributed by atoms with Crippen molar-refractivity contribution in [3.05, 3.63) is 64.0 Å². The maximum atomic E-state index is 14.4. The SMILES string of the molecule is C[C@@H]1CC(c2nc(Cl)nc3c(F)c(Cl)ncc23)CCN1C(=O)OCc1ccccc1. The van der Waals surface area contributed by atoms with Crippen molar-refractivity contribution in [3.8, 4) is 0 Å². The topological polar surface area (TPSA) is 68.2 Å². The van der Waals surface area contributed by atoms with Gasteiger partial charge in [-0.1, -0.05) is 41.9 Å². The fourth-order valence-corrected chi connectivity index (χ4v) is 4.15. The van der Waals surface area contributed by atoms with Crippen molar-refractivity contribution >= 4 is 40.2 Å². The molecule has 1 fully saturated rings. The van der Waals surface area contributed by atoms with E-state index in [1.54, 1.807) is 4.90 Å². The van der Waals surface area contributed by atoms with Gasteiger partial charge in [-0.15, -0.1) is 0 Å². The fourth-order valence-electron chi connectivity index (χ4n) is 3.83. The second kappa shape index (κ2) is 8.70. The third-order valence-corrected chi connectivity index (χ3v) is 5.78. The molecule has 2 aromatic heterocycles. The van der Waals surface area contributed by atoms with Crippen molar-refractivity contribution in [1.82, 2.24) is 19.9 Å². The molecular weight excluding hydrogens is 430 g/mol. The van der Waals surface area contributed by atoms with Gasteiger partial charge in [0.05, 0.1) is 5.69 Å². The van der Waals surface area contributed by atoms with Gasteiger partial charge >= 0.3 is 6.09 Å². The molecule has 9 heteroatoms. The number of halogens is 3. The van der Waals surface area contributed by atoms with Gasteiger partial charge in [-0.25, -0.2) is 24.1 Å². The molecule has 156 valence electrons. The molecule has 0 N–H and O–H groups in total. The van der Waals surface area contributed by atoms with Gasteiger partial charge in [0.15, 0.2) is 11.0 Å². The van der Waals surface area contributed by atoms with E-state index in [0.29, 0.717) is 30.5 Å². The van der Waals surface area contributed by atoms with E-state index in [4.69, 9.17) is 27.9 Å². The van der Waals surface area contributed by atoms with E-state index in [1.807, 2.05) is 37.3 Å². The normalized spacial score (nSPS) is 19.1. The lowest BCUT2D eigenvalue weighted by atomic mass is 9.87. The van der Waals surface area contributed by atoms with Gasteiger partial charge in [0.2, 0.25) is 5.28 Å². The van der Waals surface area contributed by atoms with Gasteiger partial charge in [0, 0.05) is 30.1 Å². The van der Waals surface area contributed by atoms with Gasteiger partial charge in [-0.05, 0) is 36.9 Å². The second-order valence-electron chi connectivity index (χ2n) is 7.31. The summed E-state index contributed by atoms with van der Waals surface area (Å²) in [5.74, 6) is -0.738. The number of benzene rings is 1. The van der Waals surface area contributed by atoms with Crippen molar-refractivity contribution < 1.29 is 13.9 Å². The summed E-state index contributed by atoms with van der Waals surface area (Å²) in [6.07, 6.45) is 2.39. The maximum Gasteiger partial charge on any atom is 0.410 e. The molecule has 1 aromatic carbocycles. The summed E-state index contributed by atoms with van der Waals surface area (Å²) in [5.41, 5.74) is 1.61. The lowest BCUT2D eigenvalue weighted by Gasteiger charge is -2.37. The van der Waals surface area contributed by atoms with Crippen molar-refractivity contribution in [2.75, 3.05) is 6.54 Å². The number of amides is 1. The minimum atomic E-state index is -0.713. The van der Waals surface area contributed by atoms with Crippen molar-refractivity contribution in [3.63, 3.8) is 0 Å². The highest BCUT2D eigenvalue weighted by Gasteiger charge is 2.32. The molecule has 3 aromatic rings. The molecule has 0 saturated carbocycles. The number of carbonyl (C=O) groups is 1. The molecule has 0 bridgehead atoms. The number of hydrogen-bond donors (Lipinski definition) is 0. The average molecular weight is 449 g/mol. The number of fused-ring (bicyclic) bond motifs is 1. The zero-order valence-electron chi connectivity index (χ0n) is 16.2. The van der Waals surface area contributed by atoms with E-state index in [1.165, 1.54) is 6.20 Å². The Labute approximate surface area is 183 Å². The zero-order valence-corrected chi connectivity index (χ0v) is 17.7. The van der Waals surface area contributed by atoms with Crippen LogP contribution < -0.4 is 0 Å². The minimum Gasteiger partial charge on any atom is -0.445 e. The van der Waals surface area contributed by atoms with Crippen LogP contribution in [0.5, 0.6) is 0 Å². The standard InChI is InChI=1S/C21H19Cl2FN4O2/c1-12-9-14(7-8-28(12)21(29)30-11-13-5-3-2-4-6-13)17-15-10-25-19(22)16(24)18(15)27-20(23)26-17/h2-6,10,12,14H,7-9,11H2,1H3/t12-,14?/m1/s1. The number of nitrogens with zero attached hydrogens (tertiary/aromatic N) is 4. The first kappa shape index (κ1) is 20.8. The maximum absolute atomic E-state index is 14.4. The summed E-state index contributed by atoms with van der Waals surface area (Å²) in [5, 5.41) is 0.183. The van der Waals surface area contributed by atoms with Crippen LogP contribution in [0.3, 0.4) is 0 Å². The number of pyridine rings is 1. The van der Waals surface area contributed by atoms with Gasteiger partial charge in [0.1, 0.15) is 12.1 Å². The molecule has 30 heavy (non-hydrogen) atoms. The zero-order chi connectivity index (χ0) is 21.3. The van der Waals surface area contributed by atoms with Crippen molar-refractivity contribution in [2.24, 2.45) is 0 Å². The van der Waals surface area contributed by atoms with Crippen LogP contribution in [-0.2, 0) is 11.3 Å². The highest BCUT2D eigenvalue weighted by molar-refractivity contribution is 6.30. The Hall–Kier alpha value is -2.51. The lowest BCUT2D eigenvalue weighted by Crippen LogP contribution is -2.44. The lowest BCUT2D eigenvalue weighted by molar-refractivity contribution is 0.0684. The summed E-state index contributed by atoms with van der Waals surface area (Å²) < 4.78 is 19.8. The Balaban J connectivity index is 1.49. The molecule has 1 aliphatic heterocycles. The molecule has 0 radical (unpaired) electrons. The predicted octanol–water partition coefficient (Wildman–Crippen LogP) is 5.38. The fraction of sp³-hybridized carbons (Fsp3) is 0.333. The number of piperidine rings is 1. The first-order valence-electron chi connectivity index (χ1n) is 9.58. The third kappa shape index (κ3) is 4.18. The summed E-state index contributed by atoms with van der Waals surface area (Å²) in [6.45, 7) is 2.67. The number of aromatic nitrogens is 3. The van der Waals surface area contributed by atoms with Crippen LogP contribution in [0.1, 0.15) is 36.9 Å². The summed E-state index contributed by atoms with van der Waals surface area (Å²) in [4.78, 5) is 26.5. The molecule has 1 saturated heterocycles. The smallest absolute Gasteiger partial charge is 0.410 e. The largest absolute Gasteiger partial charge is 0.445 e. The van der Waals surface area contributed by atoms with E-state index in [9.17, 15) is 9.18 Å². The number of carbonyl (C=O) groups excluding carboxylic acids is 1. The van der Waals surface area contributed by atoms with Crippen molar-refractivity contribution in [1.29, 1.82) is 0 Å². The Morgan fingerprint density at radius 3 is 2.77 bits per heavy atom. The second-order valence-corrected chi connectivity index (χ2v) is 8.00. The van der Waals surface area contributed by atoms with Crippen LogP contribution >= 0.6 is 23.2 Å². The van der Waals surface area contributed by atoms with E-state index in [2.05, 4.69) is 15.0 Å². The Morgan fingerprint density at radius 1 is 1.27 bits per heavy atom.